The molecule has 0 heterocycles. The van der Waals surface area contributed by atoms with Crippen molar-refractivity contribution in [2.75, 3.05) is 6.54 Å². The van der Waals surface area contributed by atoms with Gasteiger partial charge in [-0.2, -0.15) is 0 Å². The Morgan fingerprint density at radius 2 is 1.94 bits per heavy atom. The summed E-state index contributed by atoms with van der Waals surface area (Å²) in [4.78, 5) is 11.9. The smallest absolute Gasteiger partial charge is 0.223 e. The van der Waals surface area contributed by atoms with Gasteiger partial charge in [-0.1, -0.05) is 20.3 Å². The van der Waals surface area contributed by atoms with E-state index in [1.165, 1.54) is 19.3 Å². The number of aliphatic hydroxyl groups is 1. The van der Waals surface area contributed by atoms with Crippen molar-refractivity contribution in [3.8, 4) is 0 Å². The van der Waals surface area contributed by atoms with Crippen LogP contribution in [0.1, 0.15) is 58.8 Å². The van der Waals surface area contributed by atoms with Gasteiger partial charge >= 0.3 is 0 Å². The summed E-state index contributed by atoms with van der Waals surface area (Å²) in [5, 5.41) is 13.4. The Bertz CT molecular complexity index is 291. The molecule has 1 atom stereocenters. The fraction of sp³-hybridized carbons (Fsp3) is 0.933. The predicted octanol–water partition coefficient (Wildman–Crippen LogP) is 2.48. The second kappa shape index (κ2) is 5.60. The molecule has 3 nitrogen and oxygen atoms in total. The Labute approximate surface area is 110 Å². The number of nitrogens with one attached hydrogen (secondary N) is 1. The molecule has 104 valence electrons. The Morgan fingerprint density at radius 3 is 2.44 bits per heavy atom. The summed E-state index contributed by atoms with van der Waals surface area (Å²) in [6.07, 6.45) is 7.46. The van der Waals surface area contributed by atoms with E-state index in [2.05, 4.69) is 12.2 Å². The van der Waals surface area contributed by atoms with Crippen molar-refractivity contribution in [1.29, 1.82) is 0 Å². The summed E-state index contributed by atoms with van der Waals surface area (Å²) in [5.41, 5.74) is -0.648. The van der Waals surface area contributed by atoms with E-state index in [1.807, 2.05) is 6.92 Å². The molecule has 0 aliphatic heterocycles. The van der Waals surface area contributed by atoms with E-state index in [-0.39, 0.29) is 11.8 Å². The molecule has 0 radical (unpaired) electrons. The molecule has 2 rings (SSSR count). The Kier molecular flexibility index (Phi) is 4.31. The second-order valence-electron chi connectivity index (χ2n) is 6.42. The van der Waals surface area contributed by atoms with Gasteiger partial charge < -0.3 is 10.4 Å². The molecule has 0 bridgehead atoms. The molecular weight excluding hydrogens is 226 g/mol. The lowest BCUT2D eigenvalue weighted by Gasteiger charge is -2.36. The van der Waals surface area contributed by atoms with E-state index in [9.17, 15) is 9.90 Å². The Morgan fingerprint density at radius 1 is 1.33 bits per heavy atom. The average Bonchev–Trinajstić information content (AvgIpc) is 3.20. The SMILES string of the molecule is CCC1CCC(O)(CNC(=O)C(C)C2CC2)CC1. The van der Waals surface area contributed by atoms with Crippen molar-refractivity contribution in [2.24, 2.45) is 17.8 Å². The zero-order valence-electron chi connectivity index (χ0n) is 11.7. The zero-order valence-corrected chi connectivity index (χ0v) is 11.7. The maximum absolute atomic E-state index is 11.9. The number of hydrogen-bond donors (Lipinski definition) is 2. The highest BCUT2D eigenvalue weighted by Crippen LogP contribution is 2.37. The van der Waals surface area contributed by atoms with Crippen LogP contribution in [0.4, 0.5) is 0 Å². The van der Waals surface area contributed by atoms with Crippen molar-refractivity contribution in [1.82, 2.24) is 5.32 Å². The third-order valence-corrected chi connectivity index (χ3v) is 4.95. The standard InChI is InChI=1S/C15H27NO2/c1-3-12-6-8-15(18,9-7-12)10-16-14(17)11(2)13-4-5-13/h11-13,18H,3-10H2,1-2H3,(H,16,17). The lowest BCUT2D eigenvalue weighted by atomic mass is 9.78. The minimum atomic E-state index is -0.648. The first-order chi connectivity index (χ1) is 8.54. The van der Waals surface area contributed by atoms with Crippen LogP contribution < -0.4 is 5.32 Å². The van der Waals surface area contributed by atoms with Crippen molar-refractivity contribution in [3.05, 3.63) is 0 Å². The third-order valence-electron chi connectivity index (χ3n) is 4.95. The van der Waals surface area contributed by atoms with Crippen molar-refractivity contribution >= 4 is 5.91 Å². The average molecular weight is 253 g/mol. The number of amides is 1. The second-order valence-corrected chi connectivity index (χ2v) is 6.42. The molecule has 0 aromatic rings. The molecule has 18 heavy (non-hydrogen) atoms. The van der Waals surface area contributed by atoms with Crippen molar-refractivity contribution in [3.63, 3.8) is 0 Å². The molecular formula is C15H27NO2. The molecule has 2 aliphatic rings. The molecule has 3 heteroatoms. The summed E-state index contributed by atoms with van der Waals surface area (Å²) in [5.74, 6) is 1.62. The largest absolute Gasteiger partial charge is 0.388 e. The first-order valence-corrected chi connectivity index (χ1v) is 7.54. The molecule has 2 saturated carbocycles. The van der Waals surface area contributed by atoms with Gasteiger partial charge in [0.2, 0.25) is 5.91 Å². The van der Waals surface area contributed by atoms with Gasteiger partial charge in [-0.3, -0.25) is 4.79 Å². The minimum absolute atomic E-state index is 0.126. The molecule has 0 aromatic heterocycles. The maximum Gasteiger partial charge on any atom is 0.223 e. The molecule has 1 unspecified atom stereocenters. The fourth-order valence-electron chi connectivity index (χ4n) is 3.02. The quantitative estimate of drug-likeness (QED) is 0.791. The Balaban J connectivity index is 1.73. The van der Waals surface area contributed by atoms with Gasteiger partial charge in [-0.15, -0.1) is 0 Å². The van der Waals surface area contributed by atoms with Crippen LogP contribution >= 0.6 is 0 Å². The van der Waals surface area contributed by atoms with Gasteiger partial charge in [0.05, 0.1) is 5.60 Å². The van der Waals surface area contributed by atoms with Gasteiger partial charge in [0, 0.05) is 12.5 Å². The highest BCUT2D eigenvalue weighted by molar-refractivity contribution is 5.78. The number of rotatable bonds is 5. The van der Waals surface area contributed by atoms with E-state index in [4.69, 9.17) is 0 Å². The van der Waals surface area contributed by atoms with E-state index in [0.717, 1.165) is 31.6 Å². The monoisotopic (exact) mass is 253 g/mol. The van der Waals surface area contributed by atoms with E-state index in [0.29, 0.717) is 12.5 Å². The Hall–Kier alpha value is -0.570. The van der Waals surface area contributed by atoms with Crippen LogP contribution in [0, 0.1) is 17.8 Å². The predicted molar refractivity (Wildman–Crippen MR) is 72.1 cm³/mol. The number of carbonyl (C=O) groups excluding carboxylic acids is 1. The van der Waals surface area contributed by atoms with Crippen molar-refractivity contribution in [2.45, 2.75) is 64.4 Å². The summed E-state index contributed by atoms with van der Waals surface area (Å²) < 4.78 is 0. The molecule has 0 spiro atoms. The van der Waals surface area contributed by atoms with Crippen LogP contribution in [0.15, 0.2) is 0 Å². The first-order valence-electron chi connectivity index (χ1n) is 7.54. The van der Waals surface area contributed by atoms with Gasteiger partial charge in [0.1, 0.15) is 0 Å². The molecule has 1 amide bonds. The van der Waals surface area contributed by atoms with Gasteiger partial charge in [0.15, 0.2) is 0 Å². The summed E-state index contributed by atoms with van der Waals surface area (Å²) in [6.45, 7) is 4.67. The van der Waals surface area contributed by atoms with Crippen molar-refractivity contribution < 1.29 is 9.90 Å². The van der Waals surface area contributed by atoms with Crippen LogP contribution in [-0.4, -0.2) is 23.2 Å². The van der Waals surface area contributed by atoms with Gasteiger partial charge in [-0.05, 0) is 50.4 Å². The van der Waals surface area contributed by atoms with E-state index >= 15 is 0 Å². The molecule has 0 aromatic carbocycles. The number of carbonyl (C=O) groups is 1. The molecule has 2 fully saturated rings. The normalized spacial score (nSPS) is 34.1. The van der Waals surface area contributed by atoms with Crippen LogP contribution in [0.2, 0.25) is 0 Å². The van der Waals surface area contributed by atoms with Gasteiger partial charge in [0.25, 0.3) is 0 Å². The summed E-state index contributed by atoms with van der Waals surface area (Å²) in [7, 11) is 0. The third kappa shape index (κ3) is 3.47. The van der Waals surface area contributed by atoms with E-state index in [1.54, 1.807) is 0 Å². The summed E-state index contributed by atoms with van der Waals surface area (Å²) >= 11 is 0. The highest BCUT2D eigenvalue weighted by atomic mass is 16.3. The highest BCUT2D eigenvalue weighted by Gasteiger charge is 2.36. The van der Waals surface area contributed by atoms with Crippen LogP contribution in [0.3, 0.4) is 0 Å². The molecule has 0 saturated heterocycles. The first kappa shape index (κ1) is 13.9. The fourth-order valence-corrected chi connectivity index (χ4v) is 3.02. The van der Waals surface area contributed by atoms with E-state index < -0.39 is 5.60 Å². The zero-order chi connectivity index (χ0) is 13.2. The minimum Gasteiger partial charge on any atom is -0.388 e. The van der Waals surface area contributed by atoms with Gasteiger partial charge in [-0.25, -0.2) is 0 Å². The maximum atomic E-state index is 11.9. The summed E-state index contributed by atoms with van der Waals surface area (Å²) in [6, 6.07) is 0. The molecule has 2 aliphatic carbocycles. The lowest BCUT2D eigenvalue weighted by Crippen LogP contribution is -2.46. The van der Waals surface area contributed by atoms with Crippen LogP contribution in [0.5, 0.6) is 0 Å². The van der Waals surface area contributed by atoms with Crippen LogP contribution in [-0.2, 0) is 4.79 Å². The van der Waals surface area contributed by atoms with Crippen LogP contribution in [0.25, 0.3) is 0 Å². The topological polar surface area (TPSA) is 49.3 Å². The number of hydrogen-bond acceptors (Lipinski definition) is 2. The molecule has 2 N–H and O–H groups in total. The lowest BCUT2D eigenvalue weighted by molar-refractivity contribution is -0.126.